The highest BCUT2D eigenvalue weighted by Gasteiger charge is 2.26. The molecular weight excluding hydrogens is 202 g/mol. The van der Waals surface area contributed by atoms with E-state index in [1.807, 2.05) is 0 Å². The highest BCUT2D eigenvalue weighted by atomic mass is 35.5. The van der Waals surface area contributed by atoms with E-state index >= 15 is 0 Å². The average molecular weight is 220 g/mol. The first kappa shape index (κ1) is 11.8. The molecular formula is C9H18ClN3O. The summed E-state index contributed by atoms with van der Waals surface area (Å²) in [6.07, 6.45) is 2.30. The van der Waals surface area contributed by atoms with Crippen LogP contribution in [-0.2, 0) is 4.79 Å². The Balaban J connectivity index is 0.000000980. The average Bonchev–Trinajstić information content (AvgIpc) is 2.02. The van der Waals surface area contributed by atoms with Crippen LogP contribution in [0.4, 0.5) is 0 Å². The molecule has 1 atom stereocenters. The summed E-state index contributed by atoms with van der Waals surface area (Å²) in [4.78, 5) is 11.5. The van der Waals surface area contributed by atoms with Crippen LogP contribution >= 0.6 is 12.4 Å². The smallest absolute Gasteiger partial charge is 0.225 e. The Morgan fingerprint density at radius 2 is 2.00 bits per heavy atom. The first-order valence-electron chi connectivity index (χ1n) is 5.08. The van der Waals surface area contributed by atoms with Crippen molar-refractivity contribution in [2.45, 2.75) is 18.9 Å². The Labute approximate surface area is 90.6 Å². The number of rotatable bonds is 2. The maximum Gasteiger partial charge on any atom is 0.225 e. The first-order chi connectivity index (χ1) is 6.36. The fourth-order valence-corrected chi connectivity index (χ4v) is 1.77. The minimum atomic E-state index is 0. The van der Waals surface area contributed by atoms with Crippen LogP contribution in [0.3, 0.4) is 0 Å². The van der Waals surface area contributed by atoms with Gasteiger partial charge in [0.1, 0.15) is 0 Å². The molecule has 0 spiro atoms. The molecule has 14 heavy (non-hydrogen) atoms. The first-order valence-corrected chi connectivity index (χ1v) is 5.08. The van der Waals surface area contributed by atoms with Crippen molar-refractivity contribution in [3.05, 3.63) is 0 Å². The molecule has 2 heterocycles. The van der Waals surface area contributed by atoms with Crippen LogP contribution in [-0.4, -0.2) is 38.1 Å². The Morgan fingerprint density at radius 3 is 2.50 bits per heavy atom. The second-order valence-electron chi connectivity index (χ2n) is 3.91. The summed E-state index contributed by atoms with van der Waals surface area (Å²) in [5.74, 6) is 0.453. The molecule has 4 nitrogen and oxygen atoms in total. The molecule has 0 bridgehead atoms. The zero-order valence-corrected chi connectivity index (χ0v) is 9.03. The van der Waals surface area contributed by atoms with Crippen molar-refractivity contribution >= 4 is 18.3 Å². The number of halogens is 1. The van der Waals surface area contributed by atoms with Crippen LogP contribution in [0.2, 0.25) is 0 Å². The lowest BCUT2D eigenvalue weighted by Gasteiger charge is -2.30. The van der Waals surface area contributed by atoms with Crippen molar-refractivity contribution in [2.24, 2.45) is 5.92 Å². The molecule has 2 fully saturated rings. The normalized spacial score (nSPS) is 27.3. The van der Waals surface area contributed by atoms with Crippen molar-refractivity contribution in [1.82, 2.24) is 16.0 Å². The third kappa shape index (κ3) is 2.83. The SMILES string of the molecule is Cl.O=C(N[C@H]1CCCNC1)C1CNC1. The van der Waals surface area contributed by atoms with Gasteiger partial charge in [0.15, 0.2) is 0 Å². The van der Waals surface area contributed by atoms with E-state index in [4.69, 9.17) is 0 Å². The summed E-state index contributed by atoms with van der Waals surface area (Å²) in [7, 11) is 0. The van der Waals surface area contributed by atoms with E-state index in [0.29, 0.717) is 6.04 Å². The molecule has 0 saturated carbocycles. The maximum atomic E-state index is 11.5. The third-order valence-corrected chi connectivity index (χ3v) is 2.80. The molecule has 0 aromatic carbocycles. The number of carbonyl (C=O) groups is 1. The molecule has 0 aliphatic carbocycles. The van der Waals surface area contributed by atoms with E-state index in [1.165, 1.54) is 6.42 Å². The molecule has 2 aliphatic rings. The summed E-state index contributed by atoms with van der Waals surface area (Å²) >= 11 is 0. The van der Waals surface area contributed by atoms with Gasteiger partial charge in [0.2, 0.25) is 5.91 Å². The fraction of sp³-hybridized carbons (Fsp3) is 0.889. The minimum Gasteiger partial charge on any atom is -0.352 e. The van der Waals surface area contributed by atoms with Crippen LogP contribution in [0.1, 0.15) is 12.8 Å². The number of amides is 1. The standard InChI is InChI=1S/C9H17N3O.ClH/c13-9(7-4-11-5-7)12-8-2-1-3-10-6-8;/h7-8,10-11H,1-6H2,(H,12,13);1H/t8-;/m0./s1. The van der Waals surface area contributed by atoms with Crippen molar-refractivity contribution in [1.29, 1.82) is 0 Å². The second-order valence-corrected chi connectivity index (χ2v) is 3.91. The van der Waals surface area contributed by atoms with Crippen molar-refractivity contribution in [3.63, 3.8) is 0 Å². The number of carbonyl (C=O) groups excluding carboxylic acids is 1. The van der Waals surface area contributed by atoms with Crippen LogP contribution in [0, 0.1) is 5.92 Å². The quantitative estimate of drug-likeness (QED) is 0.587. The summed E-state index contributed by atoms with van der Waals surface area (Å²) < 4.78 is 0. The molecule has 2 aliphatic heterocycles. The van der Waals surface area contributed by atoms with Crippen molar-refractivity contribution < 1.29 is 4.79 Å². The molecule has 0 radical (unpaired) electrons. The molecule has 0 unspecified atom stereocenters. The summed E-state index contributed by atoms with van der Waals surface area (Å²) in [5.41, 5.74) is 0. The lowest BCUT2D eigenvalue weighted by atomic mass is 10.0. The molecule has 2 saturated heterocycles. The van der Waals surface area contributed by atoms with Crippen LogP contribution < -0.4 is 16.0 Å². The predicted molar refractivity (Wildman–Crippen MR) is 57.6 cm³/mol. The van der Waals surface area contributed by atoms with E-state index in [0.717, 1.165) is 32.6 Å². The van der Waals surface area contributed by atoms with Gasteiger partial charge in [-0.15, -0.1) is 12.4 Å². The van der Waals surface area contributed by atoms with Gasteiger partial charge in [0, 0.05) is 25.7 Å². The van der Waals surface area contributed by atoms with Crippen LogP contribution in [0.25, 0.3) is 0 Å². The number of piperidine rings is 1. The zero-order chi connectivity index (χ0) is 9.10. The number of nitrogens with one attached hydrogen (secondary N) is 3. The van der Waals surface area contributed by atoms with Gasteiger partial charge in [0.05, 0.1) is 5.92 Å². The van der Waals surface area contributed by atoms with Crippen LogP contribution in [0.15, 0.2) is 0 Å². The Kier molecular flexibility index (Phi) is 4.65. The Bertz CT molecular complexity index is 190. The minimum absolute atomic E-state index is 0. The molecule has 0 aromatic rings. The number of hydrogen-bond donors (Lipinski definition) is 3. The molecule has 3 N–H and O–H groups in total. The van der Waals surface area contributed by atoms with Crippen LogP contribution in [0.5, 0.6) is 0 Å². The Hall–Kier alpha value is -0.320. The summed E-state index contributed by atoms with van der Waals surface area (Å²) in [5, 5.41) is 9.47. The monoisotopic (exact) mass is 219 g/mol. The highest BCUT2D eigenvalue weighted by molar-refractivity contribution is 5.85. The van der Waals surface area contributed by atoms with E-state index in [9.17, 15) is 4.79 Å². The van der Waals surface area contributed by atoms with Gasteiger partial charge in [-0.05, 0) is 19.4 Å². The molecule has 1 amide bonds. The lowest BCUT2D eigenvalue weighted by molar-refractivity contribution is -0.127. The summed E-state index contributed by atoms with van der Waals surface area (Å²) in [6.45, 7) is 3.74. The van der Waals surface area contributed by atoms with Gasteiger partial charge in [-0.2, -0.15) is 0 Å². The van der Waals surface area contributed by atoms with E-state index in [2.05, 4.69) is 16.0 Å². The van der Waals surface area contributed by atoms with E-state index < -0.39 is 0 Å². The summed E-state index contributed by atoms with van der Waals surface area (Å²) in [6, 6.07) is 0.363. The fourth-order valence-electron chi connectivity index (χ4n) is 1.77. The van der Waals surface area contributed by atoms with E-state index in [-0.39, 0.29) is 24.2 Å². The van der Waals surface area contributed by atoms with Crippen molar-refractivity contribution in [2.75, 3.05) is 26.2 Å². The van der Waals surface area contributed by atoms with Gasteiger partial charge >= 0.3 is 0 Å². The second kappa shape index (κ2) is 5.53. The number of hydrogen-bond acceptors (Lipinski definition) is 3. The predicted octanol–water partition coefficient (Wildman–Crippen LogP) is -0.504. The molecule has 5 heteroatoms. The van der Waals surface area contributed by atoms with Gasteiger partial charge in [-0.3, -0.25) is 4.79 Å². The Morgan fingerprint density at radius 1 is 1.21 bits per heavy atom. The zero-order valence-electron chi connectivity index (χ0n) is 8.21. The highest BCUT2D eigenvalue weighted by Crippen LogP contribution is 2.06. The lowest BCUT2D eigenvalue weighted by Crippen LogP contribution is -2.55. The van der Waals surface area contributed by atoms with Gasteiger partial charge in [-0.1, -0.05) is 0 Å². The molecule has 2 rings (SSSR count). The van der Waals surface area contributed by atoms with Gasteiger partial charge < -0.3 is 16.0 Å². The van der Waals surface area contributed by atoms with Gasteiger partial charge in [-0.25, -0.2) is 0 Å². The molecule has 82 valence electrons. The van der Waals surface area contributed by atoms with Crippen molar-refractivity contribution in [3.8, 4) is 0 Å². The largest absolute Gasteiger partial charge is 0.352 e. The third-order valence-electron chi connectivity index (χ3n) is 2.80. The molecule has 0 aromatic heterocycles. The topological polar surface area (TPSA) is 53.2 Å². The maximum absolute atomic E-state index is 11.5. The van der Waals surface area contributed by atoms with E-state index in [1.54, 1.807) is 0 Å². The van der Waals surface area contributed by atoms with Gasteiger partial charge in [0.25, 0.3) is 0 Å².